The Morgan fingerprint density at radius 2 is 1.81 bits per heavy atom. The number of aliphatic hydroxyl groups excluding tert-OH is 1. The predicted molar refractivity (Wildman–Crippen MR) is 124 cm³/mol. The number of rotatable bonds is 4. The number of anilines is 1. The van der Waals surface area contributed by atoms with E-state index in [1.165, 1.54) is 17.0 Å². The molecule has 1 aromatic carbocycles. The van der Waals surface area contributed by atoms with Crippen LogP contribution in [0.4, 0.5) is 10.1 Å². The molecule has 5 nitrogen and oxygen atoms in total. The summed E-state index contributed by atoms with van der Waals surface area (Å²) in [5.74, 6) is 4.04. The highest BCUT2D eigenvalue weighted by Crippen LogP contribution is 2.36. The van der Waals surface area contributed by atoms with Gasteiger partial charge in [-0.3, -0.25) is 4.79 Å². The van der Waals surface area contributed by atoms with Crippen LogP contribution in [0.5, 0.6) is 0 Å². The molecule has 32 heavy (non-hydrogen) atoms. The molecule has 3 rings (SSSR count). The monoisotopic (exact) mass is 457 g/mol. The van der Waals surface area contributed by atoms with Gasteiger partial charge in [0.25, 0.3) is 5.91 Å². The van der Waals surface area contributed by atoms with E-state index >= 15 is 0 Å². The number of hydrogen-bond acceptors (Lipinski definition) is 4. The average molecular weight is 458 g/mol. The van der Waals surface area contributed by atoms with E-state index in [1.807, 2.05) is 20.8 Å². The van der Waals surface area contributed by atoms with Crippen LogP contribution in [-0.4, -0.2) is 34.2 Å². The lowest BCUT2D eigenvalue weighted by molar-refractivity contribution is 0.0702. The summed E-state index contributed by atoms with van der Waals surface area (Å²) in [5.41, 5.74) is 0.592. The molecule has 1 fully saturated rings. The second-order valence-electron chi connectivity index (χ2n) is 9.23. The maximum atomic E-state index is 14.2. The van der Waals surface area contributed by atoms with Gasteiger partial charge < -0.3 is 15.1 Å². The van der Waals surface area contributed by atoms with Crippen LogP contribution in [-0.2, 0) is 0 Å². The van der Waals surface area contributed by atoms with Gasteiger partial charge in [0.05, 0.1) is 16.7 Å². The van der Waals surface area contributed by atoms with Crippen LogP contribution in [0.15, 0.2) is 24.3 Å². The molecule has 2 N–H and O–H groups in total. The van der Waals surface area contributed by atoms with E-state index in [9.17, 15) is 24.2 Å². The highest BCUT2D eigenvalue weighted by atomic mass is 32.1. The minimum atomic E-state index is -1.14. The number of benzene rings is 1. The number of carboxylic acids is 1. The Morgan fingerprint density at radius 3 is 2.38 bits per heavy atom. The third-order valence-corrected chi connectivity index (χ3v) is 6.42. The number of aryl methyl sites for hydroxylation is 1. The summed E-state index contributed by atoms with van der Waals surface area (Å²) in [6.45, 7) is 7.50. The first-order valence-corrected chi connectivity index (χ1v) is 11.5. The topological polar surface area (TPSA) is 77.8 Å². The fraction of sp³-hybridized carbons (Fsp3) is 0.440. The average Bonchev–Trinajstić information content (AvgIpc) is 3.14. The van der Waals surface area contributed by atoms with Crippen LogP contribution in [0.2, 0.25) is 0 Å². The Hall–Kier alpha value is -2.69. The Labute approximate surface area is 191 Å². The van der Waals surface area contributed by atoms with Crippen LogP contribution in [0, 0.1) is 30.0 Å². The van der Waals surface area contributed by atoms with Crippen LogP contribution >= 0.6 is 11.3 Å². The molecule has 0 spiro atoms. The van der Waals surface area contributed by atoms with E-state index < -0.39 is 23.8 Å². The Balaban J connectivity index is 2.11. The summed E-state index contributed by atoms with van der Waals surface area (Å²) in [6.07, 6.45) is 1.65. The van der Waals surface area contributed by atoms with Gasteiger partial charge in [0, 0.05) is 17.0 Å². The molecule has 1 amide bonds. The summed E-state index contributed by atoms with van der Waals surface area (Å²) in [4.78, 5) is 27.7. The Morgan fingerprint density at radius 1 is 1.16 bits per heavy atom. The number of carboxylic acid groups (broad SMARTS) is 1. The van der Waals surface area contributed by atoms with Crippen LogP contribution in [0.1, 0.15) is 76.9 Å². The zero-order valence-electron chi connectivity index (χ0n) is 18.7. The molecular weight excluding hydrogens is 429 g/mol. The van der Waals surface area contributed by atoms with Crippen molar-refractivity contribution in [3.63, 3.8) is 0 Å². The quantitative estimate of drug-likeness (QED) is 0.616. The molecule has 1 saturated carbocycles. The lowest BCUT2D eigenvalue weighted by Crippen LogP contribution is -2.43. The van der Waals surface area contributed by atoms with Gasteiger partial charge in [0.1, 0.15) is 10.7 Å². The van der Waals surface area contributed by atoms with E-state index in [-0.39, 0.29) is 27.6 Å². The molecule has 0 aliphatic heterocycles. The van der Waals surface area contributed by atoms with Gasteiger partial charge in [-0.15, -0.1) is 11.3 Å². The van der Waals surface area contributed by atoms with E-state index in [1.54, 1.807) is 19.1 Å². The number of halogens is 1. The molecule has 1 aliphatic rings. The zero-order valence-corrected chi connectivity index (χ0v) is 19.6. The van der Waals surface area contributed by atoms with Crippen molar-refractivity contribution in [2.75, 3.05) is 4.90 Å². The van der Waals surface area contributed by atoms with Gasteiger partial charge in [0.2, 0.25) is 0 Å². The fourth-order valence-corrected chi connectivity index (χ4v) is 4.52. The van der Waals surface area contributed by atoms with Gasteiger partial charge in [-0.1, -0.05) is 17.9 Å². The number of carbonyl (C=O) groups excluding carboxylic acids is 1. The van der Waals surface area contributed by atoms with Gasteiger partial charge in [-0.2, -0.15) is 0 Å². The van der Waals surface area contributed by atoms with Gasteiger partial charge >= 0.3 is 5.97 Å². The van der Waals surface area contributed by atoms with Gasteiger partial charge in [-0.25, -0.2) is 9.18 Å². The molecule has 0 atom stereocenters. The fourth-order valence-electron chi connectivity index (χ4n) is 3.68. The Bertz CT molecular complexity index is 1080. The molecule has 2 aromatic rings. The van der Waals surface area contributed by atoms with Crippen molar-refractivity contribution in [2.45, 2.75) is 65.5 Å². The van der Waals surface area contributed by atoms with Gasteiger partial charge in [0.15, 0.2) is 0 Å². The van der Waals surface area contributed by atoms with Crippen LogP contribution in [0.25, 0.3) is 0 Å². The molecule has 1 heterocycles. The largest absolute Gasteiger partial charge is 0.477 e. The summed E-state index contributed by atoms with van der Waals surface area (Å²) < 4.78 is 14.2. The number of hydrogen-bond donors (Lipinski definition) is 2. The molecule has 0 radical (unpaired) electrons. The second-order valence-corrected chi connectivity index (χ2v) is 10.3. The lowest BCUT2D eigenvalue weighted by atomic mass is 9.91. The van der Waals surface area contributed by atoms with Crippen LogP contribution in [0.3, 0.4) is 0 Å². The summed E-state index contributed by atoms with van der Waals surface area (Å²) >= 11 is 1.03. The molecule has 0 unspecified atom stereocenters. The van der Waals surface area contributed by atoms with E-state index in [4.69, 9.17) is 0 Å². The SMILES string of the molecule is Cc1ccc(C(=O)N(c2cc(C#CC(C)(C)C)sc2C(=O)O)[C@H]2CC[C@H](O)CC2)cc1F. The standard InChI is InChI=1S/C25H28FNO4S/c1-15-5-6-16(13-20(15)26)23(29)27(17-7-9-18(28)10-8-17)21-14-19(11-12-25(2,3)4)32-22(21)24(30)31/h5-6,13-14,17-18,28H,7-10H2,1-4H3,(H,30,31)/t17-,18-. The molecule has 1 aliphatic carbocycles. The first-order valence-electron chi connectivity index (χ1n) is 10.6. The van der Waals surface area contributed by atoms with Gasteiger partial charge in [-0.05, 0) is 77.1 Å². The third kappa shape index (κ3) is 5.56. The van der Waals surface area contributed by atoms with Crippen molar-refractivity contribution in [3.05, 3.63) is 51.0 Å². The zero-order chi connectivity index (χ0) is 23.6. The minimum Gasteiger partial charge on any atom is -0.477 e. The van der Waals surface area contributed by atoms with Crippen molar-refractivity contribution in [3.8, 4) is 11.8 Å². The molecule has 0 saturated heterocycles. The molecule has 7 heteroatoms. The van der Waals surface area contributed by atoms with E-state index in [2.05, 4.69) is 11.8 Å². The highest BCUT2D eigenvalue weighted by Gasteiger charge is 2.34. The Kier molecular flexibility index (Phi) is 7.06. The number of aliphatic hydroxyl groups is 1. The van der Waals surface area contributed by atoms with Crippen LogP contribution < -0.4 is 4.90 Å². The summed E-state index contributed by atoms with van der Waals surface area (Å²) in [5, 5.41) is 19.8. The van der Waals surface area contributed by atoms with E-state index in [0.29, 0.717) is 36.1 Å². The highest BCUT2D eigenvalue weighted by molar-refractivity contribution is 7.15. The normalized spacial score (nSPS) is 18.6. The number of carbonyl (C=O) groups is 2. The number of nitrogens with zero attached hydrogens (tertiary/aromatic N) is 1. The van der Waals surface area contributed by atoms with Crippen molar-refractivity contribution in [2.24, 2.45) is 5.41 Å². The van der Waals surface area contributed by atoms with Crippen molar-refractivity contribution in [1.29, 1.82) is 0 Å². The molecule has 0 bridgehead atoms. The molecular formula is C25H28FNO4S. The van der Waals surface area contributed by atoms with Crippen molar-refractivity contribution >= 4 is 28.9 Å². The minimum absolute atomic E-state index is 0.0234. The predicted octanol–water partition coefficient (Wildman–Crippen LogP) is 5.24. The summed E-state index contributed by atoms with van der Waals surface area (Å²) in [6, 6.07) is 5.62. The maximum absolute atomic E-state index is 14.2. The van der Waals surface area contributed by atoms with E-state index in [0.717, 1.165) is 11.3 Å². The smallest absolute Gasteiger partial charge is 0.348 e. The third-order valence-electron chi connectivity index (χ3n) is 5.40. The maximum Gasteiger partial charge on any atom is 0.348 e. The molecule has 1 aromatic heterocycles. The number of amides is 1. The lowest BCUT2D eigenvalue weighted by Gasteiger charge is -2.35. The summed E-state index contributed by atoms with van der Waals surface area (Å²) in [7, 11) is 0. The van der Waals surface area contributed by atoms with Crippen molar-refractivity contribution in [1.82, 2.24) is 0 Å². The molecule has 170 valence electrons. The number of aromatic carboxylic acids is 1. The first kappa shape index (κ1) is 24.0. The van der Waals surface area contributed by atoms with Crippen molar-refractivity contribution < 1.29 is 24.2 Å². The number of thiophene rings is 1. The first-order chi connectivity index (χ1) is 15.0. The second kappa shape index (κ2) is 9.43.